The number of ether oxygens (including phenoxy) is 1. The van der Waals surface area contributed by atoms with Crippen LogP contribution in [0.1, 0.15) is 52.6 Å². The van der Waals surface area contributed by atoms with Gasteiger partial charge in [-0.15, -0.1) is 0 Å². The number of fused-ring (bicyclic) bond motifs is 3. The van der Waals surface area contributed by atoms with Crippen LogP contribution in [0.5, 0.6) is 0 Å². The van der Waals surface area contributed by atoms with E-state index in [1.54, 1.807) is 11.5 Å². The molecule has 0 aliphatic carbocycles. The molecule has 1 unspecified atom stereocenters. The Morgan fingerprint density at radius 2 is 2.00 bits per heavy atom. The third-order valence-electron chi connectivity index (χ3n) is 5.98. The molecule has 4 heterocycles. The van der Waals surface area contributed by atoms with E-state index in [0.29, 0.717) is 24.7 Å². The van der Waals surface area contributed by atoms with Crippen molar-refractivity contribution in [1.82, 2.24) is 20.0 Å². The molecule has 1 saturated heterocycles. The average molecular weight is 435 g/mol. The van der Waals surface area contributed by atoms with Gasteiger partial charge in [0.2, 0.25) is 11.9 Å². The summed E-state index contributed by atoms with van der Waals surface area (Å²) in [7, 11) is 0. The fraction of sp³-hybridized carbons (Fsp3) is 0.391. The van der Waals surface area contributed by atoms with Gasteiger partial charge in [0.05, 0.1) is 17.6 Å². The minimum absolute atomic E-state index is 0.0146. The first-order valence-corrected chi connectivity index (χ1v) is 10.9. The highest BCUT2D eigenvalue weighted by Crippen LogP contribution is 2.31. The number of hydroxylamine groups is 1. The molecule has 1 amide bonds. The van der Waals surface area contributed by atoms with Gasteiger partial charge in [-0.05, 0) is 30.9 Å². The predicted molar refractivity (Wildman–Crippen MR) is 117 cm³/mol. The highest BCUT2D eigenvalue weighted by atomic mass is 16.8. The first kappa shape index (κ1) is 20.6. The topological polar surface area (TPSA) is 98.6 Å². The third-order valence-corrected chi connectivity index (χ3v) is 5.98. The molecule has 9 heteroatoms. The zero-order valence-corrected chi connectivity index (χ0v) is 17.9. The zero-order valence-electron chi connectivity index (χ0n) is 17.9. The number of nitrogens with one attached hydrogen (secondary N) is 1. The van der Waals surface area contributed by atoms with Crippen molar-refractivity contribution in [2.45, 2.75) is 45.4 Å². The van der Waals surface area contributed by atoms with Gasteiger partial charge in [-0.3, -0.25) is 14.2 Å². The van der Waals surface area contributed by atoms with Gasteiger partial charge in [-0.2, -0.15) is 0 Å². The molecule has 3 aromatic rings. The van der Waals surface area contributed by atoms with Gasteiger partial charge in [0.15, 0.2) is 6.29 Å². The normalized spacial score (nSPS) is 18.4. The molecule has 1 atom stereocenters. The van der Waals surface area contributed by atoms with E-state index >= 15 is 0 Å². The lowest BCUT2D eigenvalue weighted by Crippen LogP contribution is -2.34. The van der Waals surface area contributed by atoms with Crippen LogP contribution >= 0.6 is 0 Å². The molecule has 32 heavy (non-hydrogen) atoms. The Kier molecular flexibility index (Phi) is 5.59. The summed E-state index contributed by atoms with van der Waals surface area (Å²) in [6.45, 7) is 3.47. The number of anilines is 1. The Balaban J connectivity index is 1.30. The lowest BCUT2D eigenvalue weighted by Gasteiger charge is -2.28. The minimum Gasteiger partial charge on any atom is -0.350 e. The Hall–Kier alpha value is -3.30. The van der Waals surface area contributed by atoms with Crippen molar-refractivity contribution in [2.24, 2.45) is 0 Å². The van der Waals surface area contributed by atoms with Gasteiger partial charge < -0.3 is 9.64 Å². The van der Waals surface area contributed by atoms with Crippen molar-refractivity contribution in [1.29, 1.82) is 0 Å². The maximum absolute atomic E-state index is 12.4. The molecule has 166 valence electrons. The number of aromatic nitrogens is 3. The van der Waals surface area contributed by atoms with Crippen molar-refractivity contribution < 1.29 is 19.2 Å². The third kappa shape index (κ3) is 3.85. The number of carbonyl (C=O) groups excluding carboxylic acids is 2. The molecule has 0 radical (unpaired) electrons. The number of para-hydroxylation sites is 1. The molecule has 0 bridgehead atoms. The molecule has 9 nitrogen and oxygen atoms in total. The van der Waals surface area contributed by atoms with Gasteiger partial charge in [-0.1, -0.05) is 18.2 Å². The quantitative estimate of drug-likeness (QED) is 0.629. The molecule has 5 rings (SSSR count). The van der Waals surface area contributed by atoms with Crippen LogP contribution in [0.25, 0.3) is 10.9 Å². The zero-order chi connectivity index (χ0) is 22.1. The minimum atomic E-state index is -0.414. The molecule has 0 saturated carbocycles. The Morgan fingerprint density at radius 1 is 1.19 bits per heavy atom. The number of amides is 1. The molecular formula is C23H25N5O4. The van der Waals surface area contributed by atoms with E-state index in [4.69, 9.17) is 9.57 Å². The Bertz CT molecular complexity index is 1150. The van der Waals surface area contributed by atoms with Crippen LogP contribution in [0.15, 0.2) is 36.7 Å². The van der Waals surface area contributed by atoms with Crippen LogP contribution in [0, 0.1) is 0 Å². The Labute approximate surface area is 185 Å². The van der Waals surface area contributed by atoms with Crippen LogP contribution in [-0.4, -0.2) is 45.8 Å². The summed E-state index contributed by atoms with van der Waals surface area (Å²) >= 11 is 0. The molecular weight excluding hydrogens is 410 g/mol. The van der Waals surface area contributed by atoms with Crippen LogP contribution in [0.4, 0.5) is 5.95 Å². The summed E-state index contributed by atoms with van der Waals surface area (Å²) in [4.78, 5) is 40.8. The van der Waals surface area contributed by atoms with Gasteiger partial charge in [0, 0.05) is 50.0 Å². The molecule has 1 N–H and O–H groups in total. The smallest absolute Gasteiger partial charge is 0.278 e. The molecule has 2 aliphatic rings. The van der Waals surface area contributed by atoms with E-state index in [-0.39, 0.29) is 5.91 Å². The van der Waals surface area contributed by atoms with Gasteiger partial charge in [0.1, 0.15) is 0 Å². The standard InChI is InChI=1S/C23H25N5O4/c1-15(29)28-19-7-3-2-6-17(19)18-9-10-27(14-20(18)28)23-24-12-16(13-25-23)22(30)26-32-21-8-4-5-11-31-21/h2-3,6-7,12-13,21H,4-5,8-11,14H2,1H3,(H,26,30). The van der Waals surface area contributed by atoms with Crippen LogP contribution < -0.4 is 10.4 Å². The van der Waals surface area contributed by atoms with Crippen molar-refractivity contribution >= 4 is 28.7 Å². The van der Waals surface area contributed by atoms with E-state index in [2.05, 4.69) is 21.5 Å². The van der Waals surface area contributed by atoms with E-state index in [0.717, 1.165) is 48.8 Å². The predicted octanol–water partition coefficient (Wildman–Crippen LogP) is 2.84. The second-order valence-corrected chi connectivity index (χ2v) is 8.09. The van der Waals surface area contributed by atoms with Crippen LogP contribution in [0.3, 0.4) is 0 Å². The van der Waals surface area contributed by atoms with Crippen molar-refractivity contribution in [3.05, 3.63) is 53.5 Å². The number of carbonyl (C=O) groups is 2. The van der Waals surface area contributed by atoms with Crippen molar-refractivity contribution in [3.63, 3.8) is 0 Å². The number of nitrogens with zero attached hydrogens (tertiary/aromatic N) is 4. The van der Waals surface area contributed by atoms with Gasteiger partial charge in [0.25, 0.3) is 5.91 Å². The number of benzene rings is 1. The van der Waals surface area contributed by atoms with E-state index in [1.165, 1.54) is 18.0 Å². The number of rotatable bonds is 4. The first-order chi connectivity index (χ1) is 15.6. The molecule has 0 spiro atoms. The largest absolute Gasteiger partial charge is 0.350 e. The number of hydrogen-bond acceptors (Lipinski definition) is 7. The maximum Gasteiger partial charge on any atom is 0.278 e. The maximum atomic E-state index is 12.4. The molecule has 2 aromatic heterocycles. The van der Waals surface area contributed by atoms with E-state index in [9.17, 15) is 9.59 Å². The van der Waals surface area contributed by atoms with Gasteiger partial charge in [-0.25, -0.2) is 20.3 Å². The second kappa shape index (κ2) is 8.68. The van der Waals surface area contributed by atoms with Crippen molar-refractivity contribution in [3.8, 4) is 0 Å². The van der Waals surface area contributed by atoms with Crippen LogP contribution in [-0.2, 0) is 22.5 Å². The monoisotopic (exact) mass is 435 g/mol. The molecule has 1 fully saturated rings. The summed E-state index contributed by atoms with van der Waals surface area (Å²) in [5, 5.41) is 1.12. The lowest BCUT2D eigenvalue weighted by molar-refractivity contribution is -0.186. The van der Waals surface area contributed by atoms with E-state index in [1.807, 2.05) is 23.1 Å². The molecule has 1 aromatic carbocycles. The molecule has 2 aliphatic heterocycles. The summed E-state index contributed by atoms with van der Waals surface area (Å²) in [5.41, 5.74) is 5.82. The Morgan fingerprint density at radius 3 is 2.75 bits per heavy atom. The number of hydrogen-bond donors (Lipinski definition) is 1. The summed E-state index contributed by atoms with van der Waals surface area (Å²) < 4.78 is 7.22. The lowest BCUT2D eigenvalue weighted by atomic mass is 10.0. The van der Waals surface area contributed by atoms with E-state index < -0.39 is 12.2 Å². The van der Waals surface area contributed by atoms with Gasteiger partial charge >= 0.3 is 0 Å². The highest BCUT2D eigenvalue weighted by molar-refractivity contribution is 5.95. The highest BCUT2D eigenvalue weighted by Gasteiger charge is 2.27. The van der Waals surface area contributed by atoms with Crippen molar-refractivity contribution in [2.75, 3.05) is 18.1 Å². The summed E-state index contributed by atoms with van der Waals surface area (Å²) in [6.07, 6.45) is 6.12. The average Bonchev–Trinajstić information content (AvgIpc) is 3.17. The first-order valence-electron chi connectivity index (χ1n) is 10.9. The second-order valence-electron chi connectivity index (χ2n) is 8.09. The van der Waals surface area contributed by atoms with Crippen LogP contribution in [0.2, 0.25) is 0 Å². The fourth-order valence-corrected chi connectivity index (χ4v) is 4.43. The summed E-state index contributed by atoms with van der Waals surface area (Å²) in [5.74, 6) is 0.0895. The SMILES string of the molecule is CC(=O)n1c2c(c3ccccc31)CCN(c1ncc(C(=O)NOC3CCCCO3)cn1)C2. The summed E-state index contributed by atoms with van der Waals surface area (Å²) in [6, 6.07) is 7.98. The fourth-order valence-electron chi connectivity index (χ4n) is 4.43.